The molecule has 0 spiro atoms. The number of carboxylic acid groups (broad SMARTS) is 1. The number of hydrogen-bond acceptors (Lipinski definition) is 5. The molecule has 1 rings (SSSR count). The van der Waals surface area contributed by atoms with E-state index in [4.69, 9.17) is 5.11 Å². The number of hydrogen-bond donors (Lipinski definition) is 3. The molecule has 7 heteroatoms. The van der Waals surface area contributed by atoms with Crippen molar-refractivity contribution in [2.24, 2.45) is 5.92 Å². The molecule has 0 aliphatic rings. The van der Waals surface area contributed by atoms with Crippen LogP contribution in [0.3, 0.4) is 0 Å². The van der Waals surface area contributed by atoms with Gasteiger partial charge in [0.15, 0.2) is 0 Å². The zero-order valence-corrected chi connectivity index (χ0v) is 16.9. The summed E-state index contributed by atoms with van der Waals surface area (Å²) in [6, 6.07) is 6.99. The van der Waals surface area contributed by atoms with Crippen LogP contribution < -0.4 is 5.32 Å². The van der Waals surface area contributed by atoms with Gasteiger partial charge in [-0.15, -0.1) is 0 Å². The molecule has 0 aliphatic carbocycles. The van der Waals surface area contributed by atoms with E-state index in [1.807, 2.05) is 37.4 Å². The van der Waals surface area contributed by atoms with Crippen molar-refractivity contribution in [3.05, 3.63) is 35.4 Å². The Kier molecular flexibility index (Phi) is 10.4. The lowest BCUT2D eigenvalue weighted by molar-refractivity contribution is -0.141. The third kappa shape index (κ3) is 7.83. The van der Waals surface area contributed by atoms with Crippen molar-refractivity contribution in [3.8, 4) is 0 Å². The Labute approximate surface area is 164 Å². The molecule has 0 aromatic heterocycles. The monoisotopic (exact) mass is 397 g/mol. The van der Waals surface area contributed by atoms with E-state index in [0.29, 0.717) is 24.3 Å². The molecule has 26 heavy (non-hydrogen) atoms. The number of carboxylic acids is 1. The van der Waals surface area contributed by atoms with Gasteiger partial charge < -0.3 is 10.4 Å². The quantitative estimate of drug-likeness (QED) is 0.472. The maximum atomic E-state index is 12.4. The van der Waals surface area contributed by atoms with Crippen molar-refractivity contribution < 1.29 is 19.5 Å². The van der Waals surface area contributed by atoms with E-state index >= 15 is 0 Å². The number of nitrogens with one attached hydrogen (secondary N) is 1. The van der Waals surface area contributed by atoms with E-state index in [1.165, 1.54) is 11.8 Å². The van der Waals surface area contributed by atoms with E-state index in [-0.39, 0.29) is 24.5 Å². The van der Waals surface area contributed by atoms with Crippen LogP contribution in [-0.4, -0.2) is 46.6 Å². The third-order valence-corrected chi connectivity index (χ3v) is 5.33. The summed E-state index contributed by atoms with van der Waals surface area (Å²) in [5.74, 6) is -0.658. The molecule has 1 aromatic carbocycles. The molecule has 0 radical (unpaired) electrons. The van der Waals surface area contributed by atoms with E-state index < -0.39 is 17.9 Å². The molecule has 0 saturated heterocycles. The highest BCUT2D eigenvalue weighted by molar-refractivity contribution is 7.98. The Morgan fingerprint density at radius 1 is 1.23 bits per heavy atom. The molecule has 0 saturated carbocycles. The summed E-state index contributed by atoms with van der Waals surface area (Å²) in [4.78, 5) is 35.6. The lowest BCUT2D eigenvalue weighted by Crippen LogP contribution is -2.41. The fourth-order valence-electron chi connectivity index (χ4n) is 2.59. The summed E-state index contributed by atoms with van der Waals surface area (Å²) in [6.07, 6.45) is 2.94. The van der Waals surface area contributed by atoms with Crippen molar-refractivity contribution in [2.45, 2.75) is 38.6 Å². The van der Waals surface area contributed by atoms with Crippen molar-refractivity contribution in [1.82, 2.24) is 5.32 Å². The zero-order chi connectivity index (χ0) is 19.5. The van der Waals surface area contributed by atoms with Gasteiger partial charge in [-0.05, 0) is 42.9 Å². The highest BCUT2D eigenvalue weighted by atomic mass is 32.2. The Hall–Kier alpha value is -1.47. The third-order valence-electron chi connectivity index (χ3n) is 4.25. The normalized spacial score (nSPS) is 13.0. The molecule has 5 nitrogen and oxygen atoms in total. The summed E-state index contributed by atoms with van der Waals surface area (Å²) in [5, 5.41) is 11.6. The number of thioether (sulfide) groups is 1. The molecule has 144 valence electrons. The molecular weight excluding hydrogens is 370 g/mol. The number of Topliss-reactive ketones (excluding diaryl/α,β-unsaturated/α-hetero) is 1. The summed E-state index contributed by atoms with van der Waals surface area (Å²) in [6.45, 7) is 2.00. The molecule has 1 amide bonds. The van der Waals surface area contributed by atoms with Gasteiger partial charge in [-0.2, -0.15) is 24.4 Å². The minimum absolute atomic E-state index is 0.0000687. The van der Waals surface area contributed by atoms with Gasteiger partial charge >= 0.3 is 5.97 Å². The first-order chi connectivity index (χ1) is 12.4. The molecule has 0 fully saturated rings. The number of aliphatic carboxylic acids is 1. The van der Waals surface area contributed by atoms with Gasteiger partial charge in [-0.3, -0.25) is 9.59 Å². The maximum Gasteiger partial charge on any atom is 0.326 e. The van der Waals surface area contributed by atoms with Crippen LogP contribution in [0.4, 0.5) is 0 Å². The van der Waals surface area contributed by atoms with Crippen molar-refractivity contribution in [1.29, 1.82) is 0 Å². The fourth-order valence-corrected chi connectivity index (χ4v) is 3.39. The van der Waals surface area contributed by atoms with Gasteiger partial charge in [0.2, 0.25) is 5.91 Å². The minimum atomic E-state index is -1.05. The molecule has 0 heterocycles. The van der Waals surface area contributed by atoms with Gasteiger partial charge in [0.05, 0.1) is 0 Å². The number of benzene rings is 1. The number of carbonyl (C=O) groups is 3. The molecule has 2 N–H and O–H groups in total. The lowest BCUT2D eigenvalue weighted by atomic mass is 9.92. The minimum Gasteiger partial charge on any atom is -0.480 e. The Morgan fingerprint density at radius 3 is 2.50 bits per heavy atom. The summed E-state index contributed by atoms with van der Waals surface area (Å²) >= 11 is 5.81. The number of amides is 1. The average molecular weight is 398 g/mol. The van der Waals surface area contributed by atoms with Crippen LogP contribution in [0.15, 0.2) is 24.3 Å². The van der Waals surface area contributed by atoms with E-state index in [0.717, 1.165) is 11.1 Å². The summed E-state index contributed by atoms with van der Waals surface area (Å²) in [5.41, 5.74) is 2.23. The molecule has 0 aliphatic heterocycles. The Bertz CT molecular complexity index is 621. The smallest absolute Gasteiger partial charge is 0.326 e. The van der Waals surface area contributed by atoms with Crippen LogP contribution in [0.5, 0.6) is 0 Å². The fraction of sp³-hybridized carbons (Fsp3) is 0.526. The maximum absolute atomic E-state index is 12.4. The number of thiol groups is 1. The Balaban J connectivity index is 2.53. The zero-order valence-electron chi connectivity index (χ0n) is 15.2. The van der Waals surface area contributed by atoms with E-state index in [2.05, 4.69) is 17.9 Å². The second-order valence-electron chi connectivity index (χ2n) is 6.22. The molecule has 2 atom stereocenters. The first kappa shape index (κ1) is 22.6. The highest BCUT2D eigenvalue weighted by Crippen LogP contribution is 2.17. The van der Waals surface area contributed by atoms with Gasteiger partial charge in [0, 0.05) is 24.5 Å². The first-order valence-electron chi connectivity index (χ1n) is 8.58. The van der Waals surface area contributed by atoms with Crippen LogP contribution in [0.2, 0.25) is 0 Å². The molecule has 1 aromatic rings. The number of rotatable bonds is 12. The number of ketones is 1. The van der Waals surface area contributed by atoms with Crippen LogP contribution in [-0.2, 0) is 20.8 Å². The predicted octanol–water partition coefficient (Wildman–Crippen LogP) is 2.76. The molecular formula is C19H27NO4S2. The van der Waals surface area contributed by atoms with Crippen molar-refractivity contribution in [3.63, 3.8) is 0 Å². The first-order valence-corrected chi connectivity index (χ1v) is 10.6. The van der Waals surface area contributed by atoms with Crippen molar-refractivity contribution >= 4 is 42.1 Å². The van der Waals surface area contributed by atoms with Gasteiger partial charge in [-0.1, -0.05) is 24.3 Å². The van der Waals surface area contributed by atoms with E-state index in [9.17, 15) is 14.4 Å². The van der Waals surface area contributed by atoms with E-state index in [1.54, 1.807) is 0 Å². The van der Waals surface area contributed by atoms with Crippen LogP contribution >= 0.6 is 24.4 Å². The van der Waals surface area contributed by atoms with Crippen LogP contribution in [0.25, 0.3) is 0 Å². The second-order valence-corrected chi connectivity index (χ2v) is 7.57. The Morgan fingerprint density at radius 2 is 1.92 bits per heavy atom. The number of aryl methyl sites for hydroxylation is 1. The SMILES string of the molecule is CSCC[C@H](NC(=O)CCC(=O)C(CS)Cc1ccccc1C)C(=O)O. The topological polar surface area (TPSA) is 83.5 Å². The van der Waals surface area contributed by atoms with Gasteiger partial charge in [-0.25, -0.2) is 4.79 Å². The predicted molar refractivity (Wildman–Crippen MR) is 109 cm³/mol. The van der Waals surface area contributed by atoms with Gasteiger partial charge in [0.1, 0.15) is 11.8 Å². The molecule has 0 bridgehead atoms. The highest BCUT2D eigenvalue weighted by Gasteiger charge is 2.22. The molecule has 1 unspecified atom stereocenters. The van der Waals surface area contributed by atoms with Crippen LogP contribution in [0, 0.1) is 12.8 Å². The van der Waals surface area contributed by atoms with Gasteiger partial charge in [0.25, 0.3) is 0 Å². The average Bonchev–Trinajstić information content (AvgIpc) is 2.62. The lowest BCUT2D eigenvalue weighted by Gasteiger charge is -2.16. The second kappa shape index (κ2) is 12.0. The summed E-state index contributed by atoms with van der Waals surface area (Å²) in [7, 11) is 0. The largest absolute Gasteiger partial charge is 0.480 e. The van der Waals surface area contributed by atoms with Crippen molar-refractivity contribution in [2.75, 3.05) is 17.8 Å². The standard InChI is InChI=1S/C19H27NO4S2/c1-13-5-3-4-6-14(13)11-15(12-25)17(21)7-8-18(22)20-16(19(23)24)9-10-26-2/h3-6,15-16,25H,7-12H2,1-2H3,(H,20,22)(H,23,24)/t15?,16-/m0/s1. The summed E-state index contributed by atoms with van der Waals surface area (Å²) < 4.78 is 0. The number of carbonyl (C=O) groups excluding carboxylic acids is 2. The van der Waals surface area contributed by atoms with Crippen LogP contribution in [0.1, 0.15) is 30.4 Å².